The Hall–Kier alpha value is -3.39. The maximum Gasteiger partial charge on any atom is 0.331 e. The molecule has 0 fully saturated rings. The monoisotopic (exact) mass is 390 g/mol. The van der Waals surface area contributed by atoms with E-state index in [0.29, 0.717) is 11.3 Å². The van der Waals surface area contributed by atoms with E-state index in [0.717, 1.165) is 12.1 Å². The Labute approximate surface area is 159 Å². The first kappa shape index (κ1) is 19.9. The maximum absolute atomic E-state index is 11.8. The zero-order valence-electron chi connectivity index (χ0n) is 14.2. The Morgan fingerprint density at radius 1 is 1.26 bits per heavy atom. The second-order valence-electron chi connectivity index (χ2n) is 5.18. The molecule has 140 valence electrons. The number of hydrogen-bond acceptors (Lipinski definition) is 6. The third-order valence-corrected chi connectivity index (χ3v) is 3.52. The summed E-state index contributed by atoms with van der Waals surface area (Å²) in [4.78, 5) is 33.9. The third-order valence-electron chi connectivity index (χ3n) is 3.28. The summed E-state index contributed by atoms with van der Waals surface area (Å²) in [5, 5.41) is 13.4. The van der Waals surface area contributed by atoms with E-state index in [1.165, 1.54) is 25.3 Å². The number of methoxy groups -OCH3 is 1. The summed E-state index contributed by atoms with van der Waals surface area (Å²) in [6, 6.07) is 10.8. The number of nitro benzene ring substituents is 1. The Morgan fingerprint density at radius 2 is 2.04 bits per heavy atom. The summed E-state index contributed by atoms with van der Waals surface area (Å²) in [6.07, 6.45) is 2.67. The summed E-state index contributed by atoms with van der Waals surface area (Å²) in [6.45, 7) is -0.596. The van der Waals surface area contributed by atoms with Crippen LogP contribution in [-0.4, -0.2) is 30.5 Å². The second kappa shape index (κ2) is 9.35. The lowest BCUT2D eigenvalue weighted by atomic mass is 10.2. The number of nitrogens with zero attached hydrogens (tertiary/aromatic N) is 1. The van der Waals surface area contributed by atoms with Gasteiger partial charge in [0.15, 0.2) is 6.61 Å². The zero-order chi connectivity index (χ0) is 19.8. The van der Waals surface area contributed by atoms with Gasteiger partial charge in [0.25, 0.3) is 11.6 Å². The molecule has 0 saturated carbocycles. The molecule has 0 aromatic heterocycles. The van der Waals surface area contributed by atoms with Crippen molar-refractivity contribution in [2.45, 2.75) is 0 Å². The van der Waals surface area contributed by atoms with Crippen LogP contribution in [0.5, 0.6) is 5.75 Å². The van der Waals surface area contributed by atoms with Gasteiger partial charge in [0.1, 0.15) is 11.4 Å². The van der Waals surface area contributed by atoms with E-state index in [2.05, 4.69) is 5.32 Å². The zero-order valence-corrected chi connectivity index (χ0v) is 14.9. The first-order chi connectivity index (χ1) is 12.9. The SMILES string of the molecule is COc1cccc(/C=C/C(=O)OCC(=O)Nc2ccc(Cl)cc2[N+](=O)[O-])c1. The van der Waals surface area contributed by atoms with Gasteiger partial charge in [-0.2, -0.15) is 0 Å². The number of nitrogens with one attached hydrogen (secondary N) is 1. The maximum atomic E-state index is 11.8. The summed E-state index contributed by atoms with van der Waals surface area (Å²) in [7, 11) is 1.53. The van der Waals surface area contributed by atoms with Gasteiger partial charge in [0, 0.05) is 17.2 Å². The van der Waals surface area contributed by atoms with E-state index < -0.39 is 23.4 Å². The van der Waals surface area contributed by atoms with Crippen LogP contribution in [0.15, 0.2) is 48.5 Å². The lowest BCUT2D eigenvalue weighted by molar-refractivity contribution is -0.383. The molecule has 0 spiro atoms. The van der Waals surface area contributed by atoms with Crippen molar-refractivity contribution in [1.82, 2.24) is 0 Å². The lowest BCUT2D eigenvalue weighted by Crippen LogP contribution is -2.20. The molecule has 2 rings (SSSR count). The Bertz CT molecular complexity index is 897. The van der Waals surface area contributed by atoms with Crippen molar-refractivity contribution >= 4 is 40.9 Å². The number of nitro groups is 1. The van der Waals surface area contributed by atoms with Gasteiger partial charge in [-0.25, -0.2) is 4.79 Å². The van der Waals surface area contributed by atoms with Gasteiger partial charge >= 0.3 is 5.97 Å². The highest BCUT2D eigenvalue weighted by molar-refractivity contribution is 6.31. The molecular formula is C18H15ClN2O6. The summed E-state index contributed by atoms with van der Waals surface area (Å²) in [5.74, 6) is -0.823. The van der Waals surface area contributed by atoms with E-state index in [-0.39, 0.29) is 16.4 Å². The molecule has 0 heterocycles. The number of ether oxygens (including phenoxy) is 2. The van der Waals surface area contributed by atoms with Crippen LogP contribution in [0, 0.1) is 10.1 Å². The number of esters is 1. The van der Waals surface area contributed by atoms with Crippen LogP contribution < -0.4 is 10.1 Å². The molecule has 9 heteroatoms. The Kier molecular flexibility index (Phi) is 6.90. The van der Waals surface area contributed by atoms with Gasteiger partial charge in [-0.05, 0) is 35.9 Å². The summed E-state index contributed by atoms with van der Waals surface area (Å²) < 4.78 is 9.89. The van der Waals surface area contributed by atoms with Crippen molar-refractivity contribution in [3.05, 3.63) is 69.2 Å². The normalized spacial score (nSPS) is 10.4. The predicted octanol–water partition coefficient (Wildman–Crippen LogP) is 3.45. The van der Waals surface area contributed by atoms with Gasteiger partial charge in [-0.15, -0.1) is 0 Å². The van der Waals surface area contributed by atoms with Crippen LogP contribution >= 0.6 is 11.6 Å². The van der Waals surface area contributed by atoms with Gasteiger partial charge in [0.2, 0.25) is 0 Å². The summed E-state index contributed by atoms with van der Waals surface area (Å²) in [5.41, 5.74) is 0.310. The third kappa shape index (κ3) is 6.12. The molecule has 0 bridgehead atoms. The fraction of sp³-hybridized carbons (Fsp3) is 0.111. The molecule has 0 aliphatic heterocycles. The summed E-state index contributed by atoms with van der Waals surface area (Å²) >= 11 is 5.70. The topological polar surface area (TPSA) is 108 Å². The fourth-order valence-electron chi connectivity index (χ4n) is 2.04. The molecule has 2 aromatic carbocycles. The molecule has 0 unspecified atom stereocenters. The van der Waals surface area contributed by atoms with Crippen LogP contribution in [-0.2, 0) is 14.3 Å². The molecule has 0 aliphatic carbocycles. The number of amides is 1. The van der Waals surface area contributed by atoms with Crippen LogP contribution in [0.1, 0.15) is 5.56 Å². The highest BCUT2D eigenvalue weighted by atomic mass is 35.5. The van der Waals surface area contributed by atoms with Gasteiger partial charge in [-0.3, -0.25) is 14.9 Å². The molecule has 0 radical (unpaired) electrons. The molecule has 0 saturated heterocycles. The number of carbonyl (C=O) groups excluding carboxylic acids is 2. The number of carbonyl (C=O) groups is 2. The number of rotatable bonds is 7. The minimum Gasteiger partial charge on any atom is -0.497 e. The van der Waals surface area contributed by atoms with E-state index in [1.54, 1.807) is 24.3 Å². The van der Waals surface area contributed by atoms with Crippen molar-refractivity contribution in [3.63, 3.8) is 0 Å². The average Bonchev–Trinajstić information content (AvgIpc) is 2.66. The van der Waals surface area contributed by atoms with Crippen molar-refractivity contribution < 1.29 is 24.0 Å². The van der Waals surface area contributed by atoms with Gasteiger partial charge in [-0.1, -0.05) is 23.7 Å². The predicted molar refractivity (Wildman–Crippen MR) is 99.7 cm³/mol. The average molecular weight is 391 g/mol. The standard InChI is InChI=1S/C18H15ClN2O6/c1-26-14-4-2-3-12(9-14)5-8-18(23)27-11-17(22)20-15-7-6-13(19)10-16(15)21(24)25/h2-10H,11H2,1H3,(H,20,22)/b8-5+. The highest BCUT2D eigenvalue weighted by Crippen LogP contribution is 2.27. The number of benzene rings is 2. The first-order valence-corrected chi connectivity index (χ1v) is 7.99. The van der Waals surface area contributed by atoms with E-state index >= 15 is 0 Å². The minimum atomic E-state index is -0.737. The van der Waals surface area contributed by atoms with E-state index in [4.69, 9.17) is 21.1 Å². The van der Waals surface area contributed by atoms with Crippen molar-refractivity contribution in [3.8, 4) is 5.75 Å². The Morgan fingerprint density at radius 3 is 2.74 bits per heavy atom. The van der Waals surface area contributed by atoms with E-state index in [9.17, 15) is 19.7 Å². The lowest BCUT2D eigenvalue weighted by Gasteiger charge is -2.06. The van der Waals surface area contributed by atoms with Crippen LogP contribution in [0.4, 0.5) is 11.4 Å². The van der Waals surface area contributed by atoms with Crippen LogP contribution in [0.25, 0.3) is 6.08 Å². The molecule has 0 aliphatic rings. The van der Waals surface area contributed by atoms with Gasteiger partial charge in [0.05, 0.1) is 12.0 Å². The fourth-order valence-corrected chi connectivity index (χ4v) is 2.21. The van der Waals surface area contributed by atoms with Crippen molar-refractivity contribution in [1.29, 1.82) is 0 Å². The first-order valence-electron chi connectivity index (χ1n) is 7.61. The number of hydrogen-bond donors (Lipinski definition) is 1. The number of anilines is 1. The second-order valence-corrected chi connectivity index (χ2v) is 5.62. The van der Waals surface area contributed by atoms with Crippen molar-refractivity contribution in [2.75, 3.05) is 19.0 Å². The molecule has 0 atom stereocenters. The molecule has 27 heavy (non-hydrogen) atoms. The van der Waals surface area contributed by atoms with Crippen LogP contribution in [0.2, 0.25) is 5.02 Å². The van der Waals surface area contributed by atoms with Crippen molar-refractivity contribution in [2.24, 2.45) is 0 Å². The molecule has 1 amide bonds. The molecule has 1 N–H and O–H groups in total. The molecule has 8 nitrogen and oxygen atoms in total. The highest BCUT2D eigenvalue weighted by Gasteiger charge is 2.17. The molecular weight excluding hydrogens is 376 g/mol. The number of halogens is 1. The molecule has 2 aromatic rings. The van der Waals surface area contributed by atoms with E-state index in [1.807, 2.05) is 0 Å². The quantitative estimate of drug-likeness (QED) is 0.336. The van der Waals surface area contributed by atoms with Gasteiger partial charge < -0.3 is 14.8 Å². The largest absolute Gasteiger partial charge is 0.497 e. The minimum absolute atomic E-state index is 0.0441. The Balaban J connectivity index is 1.91. The van der Waals surface area contributed by atoms with Crippen LogP contribution in [0.3, 0.4) is 0 Å². The smallest absolute Gasteiger partial charge is 0.331 e.